The number of urea groups is 1. The average molecular weight is 314 g/mol. The zero-order valence-electron chi connectivity index (χ0n) is 12.7. The number of hydrogen-bond donors (Lipinski definition) is 2. The molecule has 0 saturated carbocycles. The maximum atomic E-state index is 11.8. The zero-order chi connectivity index (χ0) is 16.1. The third-order valence-corrected chi connectivity index (χ3v) is 3.49. The molecule has 0 aromatic heterocycles. The fraction of sp³-hybridized carbons (Fsp3) is 0.235. The van der Waals surface area contributed by atoms with Crippen molar-refractivity contribution in [2.45, 2.75) is 19.6 Å². The molecule has 2 aromatic rings. The van der Waals surface area contributed by atoms with E-state index in [2.05, 4.69) is 10.8 Å². The van der Waals surface area contributed by atoms with Crippen molar-refractivity contribution in [3.05, 3.63) is 59.7 Å². The molecule has 1 aliphatic heterocycles. The first-order valence-corrected chi connectivity index (χ1v) is 7.34. The summed E-state index contributed by atoms with van der Waals surface area (Å²) in [5.41, 5.74) is 4.28. The lowest BCUT2D eigenvalue weighted by atomic mass is 10.1. The van der Waals surface area contributed by atoms with E-state index in [0.29, 0.717) is 12.4 Å². The van der Waals surface area contributed by atoms with Crippen LogP contribution in [-0.4, -0.2) is 12.8 Å². The van der Waals surface area contributed by atoms with E-state index in [4.69, 9.17) is 14.3 Å². The van der Waals surface area contributed by atoms with Gasteiger partial charge in [0.1, 0.15) is 0 Å². The molecule has 0 spiro atoms. The summed E-state index contributed by atoms with van der Waals surface area (Å²) in [6.07, 6.45) is 0. The van der Waals surface area contributed by atoms with Gasteiger partial charge in [0.25, 0.3) is 0 Å². The van der Waals surface area contributed by atoms with Gasteiger partial charge in [0, 0.05) is 0 Å². The predicted molar refractivity (Wildman–Crippen MR) is 83.9 cm³/mol. The summed E-state index contributed by atoms with van der Waals surface area (Å²) in [6, 6.07) is 14.6. The van der Waals surface area contributed by atoms with Gasteiger partial charge in [0.05, 0.1) is 12.6 Å². The van der Waals surface area contributed by atoms with Crippen molar-refractivity contribution in [3.63, 3.8) is 0 Å². The lowest BCUT2D eigenvalue weighted by molar-refractivity contribution is 0.0483. The van der Waals surface area contributed by atoms with Crippen LogP contribution in [0.2, 0.25) is 0 Å². The fourth-order valence-corrected chi connectivity index (χ4v) is 2.25. The average Bonchev–Trinajstić information content (AvgIpc) is 3.03. The summed E-state index contributed by atoms with van der Waals surface area (Å²) >= 11 is 0. The van der Waals surface area contributed by atoms with Crippen LogP contribution in [0, 0.1) is 0 Å². The van der Waals surface area contributed by atoms with E-state index in [1.54, 1.807) is 0 Å². The van der Waals surface area contributed by atoms with Crippen LogP contribution in [0.1, 0.15) is 24.1 Å². The monoisotopic (exact) mass is 314 g/mol. The van der Waals surface area contributed by atoms with Crippen molar-refractivity contribution >= 4 is 6.03 Å². The van der Waals surface area contributed by atoms with Crippen molar-refractivity contribution < 1.29 is 19.1 Å². The fourth-order valence-electron chi connectivity index (χ4n) is 2.25. The quantitative estimate of drug-likeness (QED) is 0.833. The topological polar surface area (TPSA) is 68.8 Å². The number of carbonyl (C=O) groups excluding carboxylic acids is 1. The molecule has 2 N–H and O–H groups in total. The minimum absolute atomic E-state index is 0.190. The Balaban J connectivity index is 1.47. The molecule has 23 heavy (non-hydrogen) atoms. The highest BCUT2D eigenvalue weighted by atomic mass is 16.7. The van der Waals surface area contributed by atoms with Crippen molar-refractivity contribution in [2.75, 3.05) is 6.79 Å². The Labute approximate surface area is 134 Å². The molecule has 2 amide bonds. The van der Waals surface area contributed by atoms with Gasteiger partial charge in [-0.05, 0) is 30.2 Å². The van der Waals surface area contributed by atoms with Crippen LogP contribution in [0.15, 0.2) is 48.5 Å². The van der Waals surface area contributed by atoms with Crippen molar-refractivity contribution in [1.29, 1.82) is 0 Å². The molecule has 1 unspecified atom stereocenters. The highest BCUT2D eigenvalue weighted by Crippen LogP contribution is 2.34. The SMILES string of the molecule is CC(NC(=O)NOCc1ccccc1)c1ccc2c(c1)OCO2. The van der Waals surface area contributed by atoms with E-state index in [1.165, 1.54) is 0 Å². The molecule has 2 aromatic carbocycles. The molecule has 120 valence electrons. The molecular weight excluding hydrogens is 296 g/mol. The number of carbonyl (C=O) groups is 1. The predicted octanol–water partition coefficient (Wildman–Crippen LogP) is 2.91. The Kier molecular flexibility index (Phi) is 4.63. The summed E-state index contributed by atoms with van der Waals surface area (Å²) in [4.78, 5) is 17.0. The van der Waals surface area contributed by atoms with Gasteiger partial charge in [-0.25, -0.2) is 10.3 Å². The number of hydroxylamine groups is 1. The van der Waals surface area contributed by atoms with Crippen molar-refractivity contribution in [1.82, 2.24) is 10.8 Å². The van der Waals surface area contributed by atoms with Crippen molar-refractivity contribution in [3.8, 4) is 11.5 Å². The van der Waals surface area contributed by atoms with Crippen LogP contribution < -0.4 is 20.3 Å². The third kappa shape index (κ3) is 3.92. The molecule has 0 aliphatic carbocycles. The smallest absolute Gasteiger partial charge is 0.339 e. The number of ether oxygens (including phenoxy) is 2. The van der Waals surface area contributed by atoms with Crippen LogP contribution in [0.25, 0.3) is 0 Å². The largest absolute Gasteiger partial charge is 0.454 e. The maximum Gasteiger partial charge on any atom is 0.339 e. The number of amides is 2. The number of rotatable bonds is 5. The van der Waals surface area contributed by atoms with E-state index < -0.39 is 6.03 Å². The van der Waals surface area contributed by atoms with Crippen LogP contribution in [0.3, 0.4) is 0 Å². The maximum absolute atomic E-state index is 11.8. The highest BCUT2D eigenvalue weighted by Gasteiger charge is 2.16. The second-order valence-corrected chi connectivity index (χ2v) is 5.18. The Morgan fingerprint density at radius 1 is 1.17 bits per heavy atom. The Morgan fingerprint density at radius 2 is 1.96 bits per heavy atom. The summed E-state index contributed by atoms with van der Waals surface area (Å²) in [7, 11) is 0. The Morgan fingerprint density at radius 3 is 2.78 bits per heavy atom. The Bertz CT molecular complexity index is 676. The van der Waals surface area contributed by atoms with Gasteiger partial charge in [-0.1, -0.05) is 36.4 Å². The first kappa shape index (κ1) is 15.2. The zero-order valence-corrected chi connectivity index (χ0v) is 12.7. The second kappa shape index (κ2) is 7.02. The molecule has 0 radical (unpaired) electrons. The molecule has 3 rings (SSSR count). The van der Waals surface area contributed by atoms with Gasteiger partial charge in [-0.15, -0.1) is 0 Å². The van der Waals surface area contributed by atoms with Crippen LogP contribution in [-0.2, 0) is 11.4 Å². The molecule has 6 nitrogen and oxygen atoms in total. The van der Waals surface area contributed by atoms with E-state index in [9.17, 15) is 4.79 Å². The first-order chi connectivity index (χ1) is 11.2. The van der Waals surface area contributed by atoms with Crippen LogP contribution in [0.4, 0.5) is 4.79 Å². The van der Waals surface area contributed by atoms with Gasteiger partial charge in [0.15, 0.2) is 11.5 Å². The van der Waals surface area contributed by atoms with Crippen molar-refractivity contribution in [2.24, 2.45) is 0 Å². The summed E-state index contributed by atoms with van der Waals surface area (Å²) in [5.74, 6) is 1.41. The van der Waals surface area contributed by atoms with E-state index in [-0.39, 0.29) is 12.8 Å². The lowest BCUT2D eigenvalue weighted by Crippen LogP contribution is -2.36. The molecule has 1 heterocycles. The second-order valence-electron chi connectivity index (χ2n) is 5.18. The minimum atomic E-state index is -0.397. The first-order valence-electron chi connectivity index (χ1n) is 7.34. The van der Waals surface area contributed by atoms with Gasteiger partial charge >= 0.3 is 6.03 Å². The Hall–Kier alpha value is -2.73. The van der Waals surface area contributed by atoms with E-state index in [1.807, 2.05) is 55.5 Å². The standard InChI is InChI=1S/C17H18N2O4/c1-12(14-7-8-15-16(9-14)22-11-21-15)18-17(20)19-23-10-13-5-3-2-4-6-13/h2-9,12H,10-11H2,1H3,(H2,18,19,20). The minimum Gasteiger partial charge on any atom is -0.454 e. The van der Waals surface area contributed by atoms with E-state index in [0.717, 1.165) is 16.9 Å². The van der Waals surface area contributed by atoms with Gasteiger partial charge < -0.3 is 14.8 Å². The highest BCUT2D eigenvalue weighted by molar-refractivity contribution is 5.73. The molecular formula is C17H18N2O4. The molecule has 0 saturated heterocycles. The van der Waals surface area contributed by atoms with Gasteiger partial charge in [-0.3, -0.25) is 4.84 Å². The lowest BCUT2D eigenvalue weighted by Gasteiger charge is -2.15. The van der Waals surface area contributed by atoms with Gasteiger partial charge in [-0.2, -0.15) is 0 Å². The summed E-state index contributed by atoms with van der Waals surface area (Å²) in [6.45, 7) is 2.43. The number of benzene rings is 2. The summed E-state index contributed by atoms with van der Waals surface area (Å²) in [5, 5.41) is 2.80. The number of fused-ring (bicyclic) bond motifs is 1. The molecule has 0 fully saturated rings. The number of nitrogens with one attached hydrogen (secondary N) is 2. The molecule has 6 heteroatoms. The van der Waals surface area contributed by atoms with Crippen LogP contribution in [0.5, 0.6) is 11.5 Å². The van der Waals surface area contributed by atoms with E-state index >= 15 is 0 Å². The summed E-state index contributed by atoms with van der Waals surface area (Å²) < 4.78 is 10.6. The van der Waals surface area contributed by atoms with Crippen LogP contribution >= 0.6 is 0 Å². The normalized spacial score (nSPS) is 13.4. The molecule has 1 atom stereocenters. The molecule has 0 bridgehead atoms. The number of hydrogen-bond acceptors (Lipinski definition) is 4. The van der Waals surface area contributed by atoms with Gasteiger partial charge in [0.2, 0.25) is 6.79 Å². The third-order valence-electron chi connectivity index (χ3n) is 3.49. The molecule has 1 aliphatic rings.